The van der Waals surface area contributed by atoms with Crippen LogP contribution >= 0.6 is 0 Å². The Hall–Kier alpha value is -2.42. The zero-order valence-corrected chi connectivity index (χ0v) is 13.9. The minimum atomic E-state index is -0.751. The maximum Gasteiger partial charge on any atom is 0.303 e. The summed E-state index contributed by atoms with van der Waals surface area (Å²) in [7, 11) is 0. The van der Waals surface area contributed by atoms with Gasteiger partial charge in [-0.15, -0.1) is 0 Å². The summed E-state index contributed by atoms with van der Waals surface area (Å²) in [4.78, 5) is 23.3. The lowest BCUT2D eigenvalue weighted by Gasteiger charge is -2.17. The molecular formula is C21H24O3. The van der Waals surface area contributed by atoms with E-state index in [1.165, 1.54) is 0 Å². The van der Waals surface area contributed by atoms with Crippen LogP contribution in [0.4, 0.5) is 0 Å². The van der Waals surface area contributed by atoms with Gasteiger partial charge in [-0.3, -0.25) is 9.59 Å². The van der Waals surface area contributed by atoms with Gasteiger partial charge in [0, 0.05) is 12.8 Å². The predicted octanol–water partition coefficient (Wildman–Crippen LogP) is 4.81. The number of carbonyl (C=O) groups is 2. The van der Waals surface area contributed by atoms with E-state index >= 15 is 0 Å². The minimum Gasteiger partial charge on any atom is -0.481 e. The van der Waals surface area contributed by atoms with Crippen LogP contribution in [-0.2, 0) is 9.59 Å². The van der Waals surface area contributed by atoms with Crippen LogP contribution < -0.4 is 0 Å². The first-order chi connectivity index (χ1) is 11.7. The molecule has 3 heteroatoms. The van der Waals surface area contributed by atoms with Crippen LogP contribution in [0.3, 0.4) is 0 Å². The molecule has 0 heterocycles. The Kier molecular flexibility index (Phi) is 7.21. The van der Waals surface area contributed by atoms with Crippen LogP contribution in [0.5, 0.6) is 0 Å². The van der Waals surface area contributed by atoms with Crippen LogP contribution in [0.1, 0.15) is 55.6 Å². The average Bonchev–Trinajstić information content (AvgIpc) is 2.60. The molecule has 3 nitrogen and oxygen atoms in total. The van der Waals surface area contributed by atoms with Crippen molar-refractivity contribution in [1.29, 1.82) is 0 Å². The molecule has 0 spiro atoms. The Bertz CT molecular complexity index is 595. The number of carboxylic acid groups (broad SMARTS) is 1. The normalized spacial score (nSPS) is 10.7. The second-order valence-corrected chi connectivity index (χ2v) is 6.03. The molecule has 0 aliphatic rings. The fourth-order valence-electron chi connectivity index (χ4n) is 2.93. The summed E-state index contributed by atoms with van der Waals surface area (Å²) in [6.07, 6.45) is 4.00. The van der Waals surface area contributed by atoms with Crippen molar-refractivity contribution in [2.24, 2.45) is 0 Å². The number of hydrogen-bond acceptors (Lipinski definition) is 2. The molecule has 24 heavy (non-hydrogen) atoms. The molecule has 2 aromatic rings. The molecule has 0 saturated heterocycles. The highest BCUT2D eigenvalue weighted by atomic mass is 16.4. The van der Waals surface area contributed by atoms with Crippen molar-refractivity contribution in [3.05, 3.63) is 71.8 Å². The van der Waals surface area contributed by atoms with Gasteiger partial charge in [0.05, 0.1) is 5.92 Å². The third-order valence-corrected chi connectivity index (χ3v) is 4.15. The zero-order chi connectivity index (χ0) is 17.2. The van der Waals surface area contributed by atoms with Crippen molar-refractivity contribution in [2.75, 3.05) is 0 Å². The first-order valence-corrected chi connectivity index (χ1v) is 8.53. The van der Waals surface area contributed by atoms with Crippen molar-refractivity contribution >= 4 is 11.8 Å². The van der Waals surface area contributed by atoms with E-state index in [4.69, 9.17) is 5.11 Å². The van der Waals surface area contributed by atoms with E-state index < -0.39 is 5.97 Å². The van der Waals surface area contributed by atoms with Crippen LogP contribution in [0.2, 0.25) is 0 Å². The lowest BCUT2D eigenvalue weighted by Crippen LogP contribution is -2.14. The summed E-state index contributed by atoms with van der Waals surface area (Å²) < 4.78 is 0. The molecule has 0 aromatic heterocycles. The van der Waals surface area contributed by atoms with Gasteiger partial charge in [-0.1, -0.05) is 73.5 Å². The first-order valence-electron chi connectivity index (χ1n) is 8.53. The summed E-state index contributed by atoms with van der Waals surface area (Å²) in [5.41, 5.74) is 2.05. The summed E-state index contributed by atoms with van der Waals surface area (Å²) in [5.74, 6) is -0.739. The number of unbranched alkanes of at least 4 members (excludes halogenated alkanes) is 3. The molecule has 1 N–H and O–H groups in total. The molecule has 0 saturated carbocycles. The van der Waals surface area contributed by atoms with Gasteiger partial charge in [0.25, 0.3) is 0 Å². The van der Waals surface area contributed by atoms with Crippen molar-refractivity contribution in [1.82, 2.24) is 0 Å². The summed E-state index contributed by atoms with van der Waals surface area (Å²) in [6.45, 7) is 0. The third kappa shape index (κ3) is 5.65. The van der Waals surface area contributed by atoms with Crippen LogP contribution in [0, 0.1) is 0 Å². The average molecular weight is 324 g/mol. The summed E-state index contributed by atoms with van der Waals surface area (Å²) >= 11 is 0. The largest absolute Gasteiger partial charge is 0.481 e. The highest BCUT2D eigenvalue weighted by Gasteiger charge is 2.21. The molecule has 2 rings (SSSR count). The minimum absolute atomic E-state index is 0.213. The van der Waals surface area contributed by atoms with Crippen molar-refractivity contribution in [2.45, 2.75) is 44.4 Å². The molecular weight excluding hydrogens is 300 g/mol. The Morgan fingerprint density at radius 1 is 0.708 bits per heavy atom. The van der Waals surface area contributed by atoms with Crippen LogP contribution in [-0.4, -0.2) is 16.9 Å². The Balaban J connectivity index is 1.95. The number of benzene rings is 2. The lowest BCUT2D eigenvalue weighted by atomic mass is 9.85. The second kappa shape index (κ2) is 9.66. The Morgan fingerprint density at radius 3 is 1.62 bits per heavy atom. The van der Waals surface area contributed by atoms with Gasteiger partial charge in [0.1, 0.15) is 5.78 Å². The maximum atomic E-state index is 12.8. The van der Waals surface area contributed by atoms with E-state index in [-0.39, 0.29) is 18.1 Å². The van der Waals surface area contributed by atoms with Gasteiger partial charge in [0.2, 0.25) is 0 Å². The lowest BCUT2D eigenvalue weighted by molar-refractivity contribution is -0.137. The molecule has 0 bridgehead atoms. The number of ketones is 1. The van der Waals surface area contributed by atoms with Gasteiger partial charge in [-0.25, -0.2) is 0 Å². The predicted molar refractivity (Wildman–Crippen MR) is 95.1 cm³/mol. The quantitative estimate of drug-likeness (QED) is 0.638. The topological polar surface area (TPSA) is 54.4 Å². The van der Waals surface area contributed by atoms with Crippen molar-refractivity contribution < 1.29 is 14.7 Å². The van der Waals surface area contributed by atoms with E-state index in [9.17, 15) is 9.59 Å². The highest BCUT2D eigenvalue weighted by Crippen LogP contribution is 2.27. The van der Waals surface area contributed by atoms with E-state index in [2.05, 4.69) is 0 Å². The van der Waals surface area contributed by atoms with Gasteiger partial charge in [-0.05, 0) is 24.0 Å². The Labute approximate surface area is 143 Å². The molecule has 0 atom stereocenters. The van der Waals surface area contributed by atoms with Gasteiger partial charge >= 0.3 is 5.97 Å². The molecule has 0 amide bonds. The smallest absolute Gasteiger partial charge is 0.303 e. The fourth-order valence-corrected chi connectivity index (χ4v) is 2.93. The van der Waals surface area contributed by atoms with Crippen molar-refractivity contribution in [3.8, 4) is 0 Å². The molecule has 0 radical (unpaired) electrons. The van der Waals surface area contributed by atoms with Gasteiger partial charge in [0.15, 0.2) is 0 Å². The highest BCUT2D eigenvalue weighted by molar-refractivity contribution is 5.89. The molecule has 0 aliphatic carbocycles. The molecule has 126 valence electrons. The second-order valence-electron chi connectivity index (χ2n) is 6.03. The number of hydrogen-bond donors (Lipinski definition) is 1. The molecule has 0 unspecified atom stereocenters. The maximum absolute atomic E-state index is 12.8. The zero-order valence-electron chi connectivity index (χ0n) is 13.9. The fraction of sp³-hybridized carbons (Fsp3) is 0.333. The SMILES string of the molecule is O=C(O)CCCCCCC(=O)C(c1ccccc1)c1ccccc1. The van der Waals surface area contributed by atoms with E-state index in [0.717, 1.165) is 30.4 Å². The monoisotopic (exact) mass is 324 g/mol. The van der Waals surface area contributed by atoms with Crippen molar-refractivity contribution in [3.63, 3.8) is 0 Å². The van der Waals surface area contributed by atoms with E-state index in [0.29, 0.717) is 12.8 Å². The van der Waals surface area contributed by atoms with E-state index in [1.807, 2.05) is 60.7 Å². The van der Waals surface area contributed by atoms with E-state index in [1.54, 1.807) is 0 Å². The van der Waals surface area contributed by atoms with Gasteiger partial charge < -0.3 is 5.11 Å². The molecule has 0 fully saturated rings. The molecule has 0 aliphatic heterocycles. The summed E-state index contributed by atoms with van der Waals surface area (Å²) in [5, 5.41) is 8.63. The van der Waals surface area contributed by atoms with Crippen LogP contribution in [0.25, 0.3) is 0 Å². The number of carbonyl (C=O) groups excluding carboxylic acids is 1. The Morgan fingerprint density at radius 2 is 1.17 bits per heavy atom. The standard InChI is InChI=1S/C21H24O3/c22-19(15-9-1-2-10-16-20(23)24)21(17-11-5-3-6-12-17)18-13-7-4-8-14-18/h3-8,11-14,21H,1-2,9-10,15-16H2,(H,23,24). The van der Waals surface area contributed by atoms with Crippen LogP contribution in [0.15, 0.2) is 60.7 Å². The third-order valence-electron chi connectivity index (χ3n) is 4.15. The first kappa shape index (κ1) is 17.9. The summed E-state index contributed by atoms with van der Waals surface area (Å²) in [6, 6.07) is 19.8. The molecule has 2 aromatic carbocycles. The number of aliphatic carboxylic acids is 1. The van der Waals surface area contributed by atoms with Gasteiger partial charge in [-0.2, -0.15) is 0 Å². The number of Topliss-reactive ketones (excluding diaryl/α,β-unsaturated/α-hetero) is 1. The number of carboxylic acids is 1. The number of rotatable bonds is 10.